The Morgan fingerprint density at radius 3 is 2.49 bits per heavy atom. The summed E-state index contributed by atoms with van der Waals surface area (Å²) >= 11 is 7.49. The van der Waals surface area contributed by atoms with Crippen molar-refractivity contribution in [1.82, 2.24) is 14.6 Å². The normalized spacial score (nSPS) is 11.4. The lowest BCUT2D eigenvalue weighted by molar-refractivity contribution is -0.384. The minimum atomic E-state index is -4.84. The molecule has 0 atom stereocenters. The second kappa shape index (κ2) is 11.1. The summed E-state index contributed by atoms with van der Waals surface area (Å²) in [5, 5.41) is 19.0. The number of hydrogen-bond donors (Lipinski definition) is 1. The van der Waals surface area contributed by atoms with Gasteiger partial charge in [-0.25, -0.2) is 9.50 Å². The molecule has 1 amide bonds. The number of thiophene rings is 1. The predicted molar refractivity (Wildman–Crippen MR) is 145 cm³/mol. The Kier molecular flexibility index (Phi) is 7.51. The molecule has 3 heterocycles. The first kappa shape index (κ1) is 27.9. The third kappa shape index (κ3) is 5.93. The van der Waals surface area contributed by atoms with Gasteiger partial charge in [-0.15, -0.1) is 11.3 Å². The molecule has 5 rings (SSSR count). The maximum atomic E-state index is 13.9. The summed E-state index contributed by atoms with van der Waals surface area (Å²) < 4.78 is 53.3. The Balaban J connectivity index is 1.49. The van der Waals surface area contributed by atoms with Crippen LogP contribution in [0, 0.1) is 10.1 Å². The molecule has 210 valence electrons. The van der Waals surface area contributed by atoms with Gasteiger partial charge in [0.25, 0.3) is 11.6 Å². The number of non-ortho nitro benzene ring substituents is 1. The molecule has 0 spiro atoms. The van der Waals surface area contributed by atoms with Crippen LogP contribution in [0.5, 0.6) is 17.2 Å². The number of carbonyl (C=O) groups excluding carboxylic acids is 1. The van der Waals surface area contributed by atoms with E-state index in [2.05, 4.69) is 15.4 Å². The van der Waals surface area contributed by atoms with Crippen LogP contribution in [0.25, 0.3) is 16.2 Å². The van der Waals surface area contributed by atoms with Gasteiger partial charge in [0.05, 0.1) is 33.9 Å². The number of nitrogens with one attached hydrogen (secondary N) is 1. The SMILES string of the molecule is CCOc1ccc(Oc2cc(NC(=O)c3nn4c(C(F)(F)F)cc(-c5cccs5)nc4c3Cl)cc([N+](=O)[O-])c2)cc1. The molecule has 10 nitrogen and oxygen atoms in total. The average molecular weight is 604 g/mol. The van der Waals surface area contributed by atoms with Crippen LogP contribution in [0.1, 0.15) is 23.1 Å². The molecule has 2 aromatic carbocycles. The number of rotatable bonds is 8. The number of benzene rings is 2. The topological polar surface area (TPSA) is 121 Å². The maximum absolute atomic E-state index is 13.9. The van der Waals surface area contributed by atoms with Gasteiger partial charge < -0.3 is 14.8 Å². The minimum absolute atomic E-state index is 0.00310. The Bertz CT molecular complexity index is 1760. The zero-order valence-corrected chi connectivity index (χ0v) is 22.4. The van der Waals surface area contributed by atoms with Gasteiger partial charge in [-0.2, -0.15) is 18.3 Å². The smallest absolute Gasteiger partial charge is 0.433 e. The quantitative estimate of drug-likeness (QED) is 0.144. The van der Waals surface area contributed by atoms with Crippen LogP contribution >= 0.6 is 22.9 Å². The van der Waals surface area contributed by atoms with Crippen molar-refractivity contribution in [3.05, 3.63) is 92.6 Å². The molecular weight excluding hydrogens is 587 g/mol. The van der Waals surface area contributed by atoms with E-state index < -0.39 is 39.1 Å². The first-order chi connectivity index (χ1) is 19.5. The molecule has 0 aliphatic heterocycles. The lowest BCUT2D eigenvalue weighted by atomic mass is 10.2. The van der Waals surface area contributed by atoms with Gasteiger partial charge in [0, 0.05) is 12.1 Å². The Hall–Kier alpha value is -4.69. The number of nitro groups is 1. The van der Waals surface area contributed by atoms with Gasteiger partial charge in [-0.05, 0) is 48.7 Å². The fourth-order valence-electron chi connectivity index (χ4n) is 3.81. The van der Waals surface area contributed by atoms with Crippen molar-refractivity contribution < 1.29 is 32.4 Å². The van der Waals surface area contributed by atoms with Crippen LogP contribution in [0.3, 0.4) is 0 Å². The second-order valence-electron chi connectivity index (χ2n) is 8.33. The average Bonchev–Trinajstić information content (AvgIpc) is 3.57. The van der Waals surface area contributed by atoms with Crippen LogP contribution in [0.15, 0.2) is 66.0 Å². The van der Waals surface area contributed by atoms with Crippen molar-refractivity contribution in [2.45, 2.75) is 13.1 Å². The third-order valence-corrected chi connectivity index (χ3v) is 6.78. The highest BCUT2D eigenvalue weighted by molar-refractivity contribution is 7.13. The van der Waals surface area contributed by atoms with Crippen molar-refractivity contribution >= 4 is 45.9 Å². The number of aromatic nitrogens is 3. The van der Waals surface area contributed by atoms with Crippen LogP contribution in [0.4, 0.5) is 24.5 Å². The summed E-state index contributed by atoms with van der Waals surface area (Å²) in [6.07, 6.45) is -4.84. The Labute approximate surface area is 238 Å². The first-order valence-corrected chi connectivity index (χ1v) is 13.0. The molecule has 0 fully saturated rings. The van der Waals surface area contributed by atoms with Crippen molar-refractivity contribution in [2.75, 3.05) is 11.9 Å². The second-order valence-corrected chi connectivity index (χ2v) is 9.66. The number of anilines is 1. The van der Waals surface area contributed by atoms with E-state index in [1.807, 2.05) is 6.92 Å². The van der Waals surface area contributed by atoms with Gasteiger partial charge in [-0.1, -0.05) is 17.7 Å². The molecule has 15 heteroatoms. The first-order valence-electron chi connectivity index (χ1n) is 11.8. The number of carbonyl (C=O) groups is 1. The molecule has 0 unspecified atom stereocenters. The van der Waals surface area contributed by atoms with Crippen LogP contribution in [-0.2, 0) is 6.18 Å². The molecule has 3 aromatic heterocycles. The standard InChI is InChI=1S/C26H17ClF3N5O5S/c1-2-39-16-5-7-17(8-6-16)40-18-11-14(10-15(12-18)35(37)38)31-25(36)23-22(27)24-32-19(20-4-3-9-41-20)13-21(26(28,29)30)34(24)33-23/h3-13H,2H2,1H3,(H,31,36). The van der Waals surface area contributed by atoms with Crippen molar-refractivity contribution in [2.24, 2.45) is 0 Å². The van der Waals surface area contributed by atoms with Gasteiger partial charge in [0.2, 0.25) is 0 Å². The van der Waals surface area contributed by atoms with E-state index in [9.17, 15) is 28.1 Å². The Morgan fingerprint density at radius 1 is 1.12 bits per heavy atom. The summed E-state index contributed by atoms with van der Waals surface area (Å²) in [6.45, 7) is 2.30. The van der Waals surface area contributed by atoms with Crippen LogP contribution < -0.4 is 14.8 Å². The molecule has 0 aliphatic carbocycles. The zero-order valence-electron chi connectivity index (χ0n) is 20.8. The van der Waals surface area contributed by atoms with Gasteiger partial charge >= 0.3 is 6.18 Å². The summed E-state index contributed by atoms with van der Waals surface area (Å²) in [4.78, 5) is 28.6. The monoisotopic (exact) mass is 603 g/mol. The highest BCUT2D eigenvalue weighted by Gasteiger charge is 2.37. The molecule has 0 bridgehead atoms. The highest BCUT2D eigenvalue weighted by atomic mass is 35.5. The minimum Gasteiger partial charge on any atom is -0.494 e. The largest absolute Gasteiger partial charge is 0.494 e. The molecule has 5 aromatic rings. The number of nitro benzene ring substituents is 1. The van der Waals surface area contributed by atoms with Gasteiger partial charge in [-0.3, -0.25) is 14.9 Å². The Morgan fingerprint density at radius 2 is 1.85 bits per heavy atom. The number of amides is 1. The van der Waals surface area contributed by atoms with E-state index in [1.54, 1.807) is 41.8 Å². The van der Waals surface area contributed by atoms with E-state index in [4.69, 9.17) is 21.1 Å². The summed E-state index contributed by atoms with van der Waals surface area (Å²) in [6, 6.07) is 14.1. The maximum Gasteiger partial charge on any atom is 0.433 e. The third-order valence-electron chi connectivity index (χ3n) is 5.54. The van der Waals surface area contributed by atoms with E-state index in [0.29, 0.717) is 27.5 Å². The molecule has 0 saturated heterocycles. The summed E-state index contributed by atoms with van der Waals surface area (Å²) in [7, 11) is 0. The molecule has 41 heavy (non-hydrogen) atoms. The van der Waals surface area contributed by atoms with E-state index in [0.717, 1.165) is 18.2 Å². The van der Waals surface area contributed by atoms with Crippen LogP contribution in [0.2, 0.25) is 5.02 Å². The van der Waals surface area contributed by atoms with E-state index in [1.165, 1.54) is 17.4 Å². The zero-order chi connectivity index (χ0) is 29.3. The number of halogens is 4. The number of alkyl halides is 3. The number of ether oxygens (including phenoxy) is 2. The van der Waals surface area contributed by atoms with Gasteiger partial charge in [0.1, 0.15) is 22.3 Å². The molecule has 1 N–H and O–H groups in total. The van der Waals surface area contributed by atoms with Crippen molar-refractivity contribution in [3.8, 4) is 27.8 Å². The number of hydrogen-bond acceptors (Lipinski definition) is 8. The fourth-order valence-corrected chi connectivity index (χ4v) is 4.74. The van der Waals surface area contributed by atoms with E-state index >= 15 is 0 Å². The number of fused-ring (bicyclic) bond motifs is 1. The number of nitrogens with zero attached hydrogens (tertiary/aromatic N) is 4. The molecule has 0 aliphatic rings. The fraction of sp³-hybridized carbons (Fsp3) is 0.115. The van der Waals surface area contributed by atoms with Crippen molar-refractivity contribution in [3.63, 3.8) is 0 Å². The summed E-state index contributed by atoms with van der Waals surface area (Å²) in [5.74, 6) is -0.0658. The molecule has 0 radical (unpaired) electrons. The van der Waals surface area contributed by atoms with E-state index in [-0.39, 0.29) is 22.8 Å². The lowest BCUT2D eigenvalue weighted by Gasteiger charge is -2.10. The molecular formula is C26H17ClF3N5O5S. The highest BCUT2D eigenvalue weighted by Crippen LogP contribution is 2.36. The molecule has 0 saturated carbocycles. The van der Waals surface area contributed by atoms with Gasteiger partial charge in [0.15, 0.2) is 17.0 Å². The lowest BCUT2D eigenvalue weighted by Crippen LogP contribution is -2.16. The van der Waals surface area contributed by atoms with Crippen LogP contribution in [-0.4, -0.2) is 32.0 Å². The van der Waals surface area contributed by atoms with Crippen molar-refractivity contribution in [1.29, 1.82) is 0 Å². The predicted octanol–water partition coefficient (Wildman–Crippen LogP) is 7.48. The summed E-state index contributed by atoms with van der Waals surface area (Å²) in [5.41, 5.74) is -2.62.